The maximum atomic E-state index is 14.6. The van der Waals surface area contributed by atoms with Gasteiger partial charge in [0.1, 0.15) is 23.8 Å². The van der Waals surface area contributed by atoms with Gasteiger partial charge in [-0.25, -0.2) is 13.8 Å². The molecule has 0 spiro atoms. The number of imidazole rings is 1. The van der Waals surface area contributed by atoms with E-state index in [4.69, 9.17) is 4.74 Å². The van der Waals surface area contributed by atoms with Crippen molar-refractivity contribution in [3.8, 4) is 11.1 Å². The maximum Gasteiger partial charge on any atom is 0.274 e. The summed E-state index contributed by atoms with van der Waals surface area (Å²) in [7, 11) is 0. The average molecular weight is 563 g/mol. The van der Waals surface area contributed by atoms with Gasteiger partial charge in [-0.05, 0) is 74.2 Å². The largest absolute Gasteiger partial charge is 0.371 e. The Bertz CT molecular complexity index is 1570. The monoisotopic (exact) mass is 562 g/mol. The summed E-state index contributed by atoms with van der Waals surface area (Å²) in [5.41, 5.74) is 3.21. The molecule has 1 aliphatic heterocycles. The second-order valence-corrected chi connectivity index (χ2v) is 10.6. The molecular formula is C30H32F2N6O3. The summed E-state index contributed by atoms with van der Waals surface area (Å²) < 4.78 is 34.5. The van der Waals surface area contributed by atoms with Gasteiger partial charge in [-0.15, -0.1) is 0 Å². The predicted molar refractivity (Wildman–Crippen MR) is 151 cm³/mol. The summed E-state index contributed by atoms with van der Waals surface area (Å²) in [4.78, 5) is 34.4. The fraction of sp³-hybridized carbons (Fsp3) is 0.333. The van der Waals surface area contributed by atoms with E-state index < -0.39 is 18.4 Å². The molecule has 0 saturated carbocycles. The van der Waals surface area contributed by atoms with Crippen LogP contribution in [0.1, 0.15) is 53.1 Å². The third kappa shape index (κ3) is 6.75. The summed E-state index contributed by atoms with van der Waals surface area (Å²) in [5.74, 6) is -1.63. The predicted octanol–water partition coefficient (Wildman–Crippen LogP) is 4.53. The first-order valence-corrected chi connectivity index (χ1v) is 13.5. The standard InChI is InChI=1S/C30H32F2N6O3/c1-30(2)7-5-23(41-30)17-36-28(39)21-3-4-24(32)25(12-21)37-29(40)26-18-35-27-13-20(6-10-38(26)27)22-11-19(15-34-16-22)14-33-9-8-31/h3-4,6,10-13,15-16,18,23,33H,5,7-9,14,17H2,1-2H3,(H,36,39)(H,37,40)/t23-/m0/s1. The molecule has 1 fully saturated rings. The minimum Gasteiger partial charge on any atom is -0.371 e. The Morgan fingerprint density at radius 1 is 1.10 bits per heavy atom. The molecule has 4 aromatic rings. The Morgan fingerprint density at radius 2 is 1.95 bits per heavy atom. The number of pyridine rings is 2. The number of amides is 2. The van der Waals surface area contributed by atoms with E-state index in [1.807, 2.05) is 32.0 Å². The number of fused-ring (bicyclic) bond motifs is 1. The van der Waals surface area contributed by atoms with Gasteiger partial charge in [-0.3, -0.25) is 19.0 Å². The molecule has 3 aromatic heterocycles. The smallest absolute Gasteiger partial charge is 0.274 e. The minimum absolute atomic E-state index is 0.0751. The zero-order chi connectivity index (χ0) is 29.0. The number of alkyl halides is 1. The Kier molecular flexibility index (Phi) is 8.36. The molecule has 214 valence electrons. The zero-order valence-electron chi connectivity index (χ0n) is 22.9. The van der Waals surface area contributed by atoms with Crippen molar-refractivity contribution in [2.24, 2.45) is 0 Å². The molecule has 0 radical (unpaired) electrons. The lowest BCUT2D eigenvalue weighted by Crippen LogP contribution is -2.33. The van der Waals surface area contributed by atoms with Crippen molar-refractivity contribution in [1.29, 1.82) is 0 Å². The van der Waals surface area contributed by atoms with Gasteiger partial charge >= 0.3 is 0 Å². The molecule has 2 amide bonds. The molecule has 0 unspecified atom stereocenters. The second-order valence-electron chi connectivity index (χ2n) is 10.6. The number of hydrogen-bond acceptors (Lipinski definition) is 6. The summed E-state index contributed by atoms with van der Waals surface area (Å²) in [6, 6.07) is 9.42. The maximum absolute atomic E-state index is 14.6. The van der Waals surface area contributed by atoms with Crippen LogP contribution in [0.25, 0.3) is 16.8 Å². The van der Waals surface area contributed by atoms with E-state index in [0.29, 0.717) is 18.7 Å². The lowest BCUT2D eigenvalue weighted by molar-refractivity contribution is -0.0138. The van der Waals surface area contributed by atoms with E-state index in [0.717, 1.165) is 35.6 Å². The average Bonchev–Trinajstić information content (AvgIpc) is 3.55. The first kappa shape index (κ1) is 28.3. The van der Waals surface area contributed by atoms with Crippen molar-refractivity contribution in [3.63, 3.8) is 0 Å². The Labute approximate surface area is 236 Å². The number of carbonyl (C=O) groups excluding carboxylic acids is 2. The molecule has 1 saturated heterocycles. The number of nitrogens with zero attached hydrogens (tertiary/aromatic N) is 3. The molecule has 3 N–H and O–H groups in total. The van der Waals surface area contributed by atoms with Crippen molar-refractivity contribution in [2.45, 2.75) is 44.9 Å². The highest BCUT2D eigenvalue weighted by molar-refractivity contribution is 6.04. The number of anilines is 1. The normalized spacial score (nSPS) is 16.1. The molecule has 1 atom stereocenters. The number of nitrogens with one attached hydrogen (secondary N) is 3. The van der Waals surface area contributed by atoms with Crippen LogP contribution in [0.5, 0.6) is 0 Å². The van der Waals surface area contributed by atoms with Gasteiger partial charge < -0.3 is 20.7 Å². The first-order chi connectivity index (χ1) is 19.7. The SMILES string of the molecule is CC1(C)CC[C@@H](CNC(=O)c2ccc(F)c(NC(=O)c3cnc4cc(-c5cncc(CNCCF)c5)ccn34)c2)O1. The van der Waals surface area contributed by atoms with Crippen LogP contribution >= 0.6 is 0 Å². The second kappa shape index (κ2) is 12.1. The van der Waals surface area contributed by atoms with E-state index in [1.54, 1.807) is 23.0 Å². The van der Waals surface area contributed by atoms with E-state index in [-0.39, 0.29) is 41.1 Å². The van der Waals surface area contributed by atoms with E-state index in [1.165, 1.54) is 18.3 Å². The van der Waals surface area contributed by atoms with Crippen LogP contribution in [0, 0.1) is 5.82 Å². The molecule has 11 heteroatoms. The zero-order valence-corrected chi connectivity index (χ0v) is 22.9. The molecule has 41 heavy (non-hydrogen) atoms. The van der Waals surface area contributed by atoms with Crippen molar-refractivity contribution in [2.75, 3.05) is 25.1 Å². The van der Waals surface area contributed by atoms with Gasteiger partial charge in [0.25, 0.3) is 11.8 Å². The number of hydrogen-bond donors (Lipinski definition) is 3. The van der Waals surface area contributed by atoms with Crippen molar-refractivity contribution in [1.82, 2.24) is 25.0 Å². The van der Waals surface area contributed by atoms with Crippen LogP contribution in [-0.4, -0.2) is 57.7 Å². The number of benzene rings is 1. The van der Waals surface area contributed by atoms with Crippen LogP contribution < -0.4 is 16.0 Å². The Hall–Kier alpha value is -4.22. The lowest BCUT2D eigenvalue weighted by atomic mass is 10.1. The number of carbonyl (C=O) groups is 2. The molecule has 5 rings (SSSR count). The van der Waals surface area contributed by atoms with Gasteiger partial charge in [0.2, 0.25) is 0 Å². The highest BCUT2D eigenvalue weighted by Gasteiger charge is 2.31. The van der Waals surface area contributed by atoms with E-state index in [2.05, 4.69) is 25.9 Å². The quantitative estimate of drug-likeness (QED) is 0.245. The molecule has 0 aliphatic carbocycles. The van der Waals surface area contributed by atoms with Crippen molar-refractivity contribution < 1.29 is 23.1 Å². The van der Waals surface area contributed by atoms with Gasteiger partial charge in [0.05, 0.1) is 23.6 Å². The molecule has 0 bridgehead atoms. The van der Waals surface area contributed by atoms with Crippen LogP contribution in [0.15, 0.2) is 61.2 Å². The summed E-state index contributed by atoms with van der Waals surface area (Å²) in [6.07, 6.45) is 8.22. The van der Waals surface area contributed by atoms with Crippen LogP contribution in [0.4, 0.5) is 14.5 Å². The summed E-state index contributed by atoms with van der Waals surface area (Å²) in [6.45, 7) is 4.70. The van der Waals surface area contributed by atoms with Crippen LogP contribution in [0.2, 0.25) is 0 Å². The first-order valence-electron chi connectivity index (χ1n) is 13.5. The fourth-order valence-corrected chi connectivity index (χ4v) is 4.85. The van der Waals surface area contributed by atoms with Gasteiger partial charge in [0, 0.05) is 49.4 Å². The molecular weight excluding hydrogens is 530 g/mol. The van der Waals surface area contributed by atoms with Gasteiger partial charge in [0.15, 0.2) is 0 Å². The molecule has 1 aliphatic rings. The lowest BCUT2D eigenvalue weighted by Gasteiger charge is -2.19. The number of aromatic nitrogens is 3. The van der Waals surface area contributed by atoms with Crippen LogP contribution in [-0.2, 0) is 11.3 Å². The van der Waals surface area contributed by atoms with E-state index in [9.17, 15) is 18.4 Å². The minimum atomic E-state index is -0.666. The number of ether oxygens (including phenoxy) is 1. The Morgan fingerprint density at radius 3 is 2.73 bits per heavy atom. The Balaban J connectivity index is 1.27. The topological polar surface area (TPSA) is 110 Å². The molecule has 9 nitrogen and oxygen atoms in total. The summed E-state index contributed by atoms with van der Waals surface area (Å²) >= 11 is 0. The molecule has 4 heterocycles. The molecule has 1 aromatic carbocycles. The number of rotatable bonds is 10. The van der Waals surface area contributed by atoms with Crippen molar-refractivity contribution >= 4 is 23.1 Å². The van der Waals surface area contributed by atoms with Crippen molar-refractivity contribution in [3.05, 3.63) is 83.8 Å². The highest BCUT2D eigenvalue weighted by Crippen LogP contribution is 2.29. The highest BCUT2D eigenvalue weighted by atomic mass is 19.1. The van der Waals surface area contributed by atoms with Crippen LogP contribution in [0.3, 0.4) is 0 Å². The van der Waals surface area contributed by atoms with Gasteiger partial charge in [-0.1, -0.05) is 0 Å². The van der Waals surface area contributed by atoms with Gasteiger partial charge in [-0.2, -0.15) is 0 Å². The summed E-state index contributed by atoms with van der Waals surface area (Å²) in [5, 5.41) is 8.39. The third-order valence-electron chi connectivity index (χ3n) is 7.00. The number of halogens is 2. The third-order valence-corrected chi connectivity index (χ3v) is 7.00. The fourth-order valence-electron chi connectivity index (χ4n) is 4.85. The van der Waals surface area contributed by atoms with E-state index >= 15 is 0 Å².